The molecule has 7 nitrogen and oxygen atoms in total. The van der Waals surface area contributed by atoms with Gasteiger partial charge in [-0.1, -0.05) is 6.92 Å². The highest BCUT2D eigenvalue weighted by molar-refractivity contribution is 5.92. The number of aromatic nitrogens is 1. The molecule has 1 aromatic heterocycles. The molecule has 0 spiro atoms. The second-order valence-electron chi connectivity index (χ2n) is 6.39. The molecule has 2 heterocycles. The topological polar surface area (TPSA) is 101 Å². The summed E-state index contributed by atoms with van der Waals surface area (Å²) in [5, 5.41) is 2.49. The molecule has 2 amide bonds. The van der Waals surface area contributed by atoms with Crippen LogP contribution in [0.2, 0.25) is 0 Å². The van der Waals surface area contributed by atoms with E-state index in [2.05, 4.69) is 10.3 Å². The number of hydrogen-bond acceptors (Lipinski definition) is 5. The van der Waals surface area contributed by atoms with E-state index in [1.807, 2.05) is 0 Å². The molecule has 1 fully saturated rings. The van der Waals surface area contributed by atoms with Crippen molar-refractivity contribution in [3.63, 3.8) is 0 Å². The molecule has 2 unspecified atom stereocenters. The first-order valence-electron chi connectivity index (χ1n) is 8.29. The third kappa shape index (κ3) is 4.33. The highest BCUT2D eigenvalue weighted by Crippen LogP contribution is 2.34. The molecule has 25 heavy (non-hydrogen) atoms. The number of piperidine rings is 1. The largest absolute Gasteiger partial charge is 0.436 e. The van der Waals surface area contributed by atoms with Crippen LogP contribution in [0.15, 0.2) is 4.42 Å². The maximum atomic E-state index is 14.2. The van der Waals surface area contributed by atoms with Crippen LogP contribution in [0, 0.1) is 19.8 Å². The molecule has 0 aromatic carbocycles. The number of aryl methyl sites for hydroxylation is 2. The van der Waals surface area contributed by atoms with E-state index in [1.165, 1.54) is 0 Å². The van der Waals surface area contributed by atoms with Gasteiger partial charge in [0.15, 0.2) is 5.89 Å². The number of amides is 2. The first-order valence-corrected chi connectivity index (χ1v) is 8.29. The van der Waals surface area contributed by atoms with Gasteiger partial charge in [-0.2, -0.15) is 0 Å². The number of primary amides is 1. The number of nitrogens with zero attached hydrogens (tertiary/aromatic N) is 2. The monoisotopic (exact) mass is 358 g/mol. The molecule has 140 valence electrons. The average Bonchev–Trinajstić information content (AvgIpc) is 2.86. The van der Waals surface area contributed by atoms with Crippen LogP contribution in [0.5, 0.6) is 0 Å². The van der Waals surface area contributed by atoms with Crippen LogP contribution in [-0.4, -0.2) is 53.3 Å². The number of rotatable bonds is 6. The lowest BCUT2D eigenvalue weighted by atomic mass is 9.91. The van der Waals surface area contributed by atoms with Crippen molar-refractivity contribution >= 4 is 11.8 Å². The Kier molecular flexibility index (Phi) is 5.76. The predicted molar refractivity (Wildman–Crippen MR) is 86.2 cm³/mol. The van der Waals surface area contributed by atoms with Crippen molar-refractivity contribution in [2.45, 2.75) is 45.6 Å². The van der Waals surface area contributed by atoms with Crippen molar-refractivity contribution in [3.8, 4) is 0 Å². The molecule has 0 radical (unpaired) electrons. The Balaban J connectivity index is 2.03. The maximum absolute atomic E-state index is 14.2. The van der Waals surface area contributed by atoms with Gasteiger partial charge in [-0.15, -0.1) is 0 Å². The van der Waals surface area contributed by atoms with Gasteiger partial charge in [0.1, 0.15) is 0 Å². The molecule has 1 aliphatic heterocycles. The summed E-state index contributed by atoms with van der Waals surface area (Å²) in [6.07, 6.45) is 0.0777. The van der Waals surface area contributed by atoms with Gasteiger partial charge in [0.05, 0.1) is 17.7 Å². The molecule has 2 rings (SSSR count). The molecule has 3 N–H and O–H groups in total. The molecule has 2 atom stereocenters. The van der Waals surface area contributed by atoms with Gasteiger partial charge in [-0.25, -0.2) is 13.8 Å². The second-order valence-corrected chi connectivity index (χ2v) is 6.39. The Morgan fingerprint density at radius 2 is 2.16 bits per heavy atom. The standard InChI is InChI=1S/C16H24F2N4O3/c1-4-12(14(19)23)22-6-5-16(17,18)11(8-22)7-20-15(24)13-9(2)21-10(3)25-13/h11-12H,4-8H2,1-3H3,(H2,19,23)(H,20,24). The van der Waals surface area contributed by atoms with Crippen LogP contribution < -0.4 is 11.1 Å². The third-order valence-electron chi connectivity index (χ3n) is 4.56. The van der Waals surface area contributed by atoms with Crippen molar-refractivity contribution in [3.05, 3.63) is 17.3 Å². The predicted octanol–water partition coefficient (Wildman–Crippen LogP) is 1.24. The highest BCUT2D eigenvalue weighted by atomic mass is 19.3. The minimum absolute atomic E-state index is 0.0108. The number of likely N-dealkylation sites (tertiary alicyclic amines) is 1. The zero-order chi connectivity index (χ0) is 18.8. The molecule has 1 aliphatic rings. The number of halogens is 2. The smallest absolute Gasteiger partial charge is 0.289 e. The number of carbonyl (C=O) groups is 2. The zero-order valence-electron chi connectivity index (χ0n) is 14.6. The molecular weight excluding hydrogens is 334 g/mol. The molecular formula is C16H24F2N4O3. The van der Waals surface area contributed by atoms with Gasteiger partial charge in [-0.05, 0) is 13.3 Å². The molecule has 1 aromatic rings. The van der Waals surface area contributed by atoms with E-state index in [4.69, 9.17) is 10.2 Å². The summed E-state index contributed by atoms with van der Waals surface area (Å²) >= 11 is 0. The van der Waals surface area contributed by atoms with Gasteiger partial charge in [0, 0.05) is 33.0 Å². The van der Waals surface area contributed by atoms with E-state index in [0.29, 0.717) is 18.0 Å². The van der Waals surface area contributed by atoms with E-state index >= 15 is 0 Å². The summed E-state index contributed by atoms with van der Waals surface area (Å²) < 4.78 is 33.6. The second kappa shape index (κ2) is 7.47. The Labute approximate surface area is 144 Å². The van der Waals surface area contributed by atoms with Gasteiger partial charge in [0.2, 0.25) is 11.7 Å². The van der Waals surface area contributed by atoms with Gasteiger partial charge in [-0.3, -0.25) is 14.5 Å². The van der Waals surface area contributed by atoms with Gasteiger partial charge >= 0.3 is 0 Å². The van der Waals surface area contributed by atoms with E-state index in [-0.39, 0.29) is 31.8 Å². The zero-order valence-corrected chi connectivity index (χ0v) is 14.6. The van der Waals surface area contributed by atoms with Crippen molar-refractivity contribution in [2.75, 3.05) is 19.6 Å². The van der Waals surface area contributed by atoms with E-state index in [9.17, 15) is 18.4 Å². The van der Waals surface area contributed by atoms with Crippen LogP contribution in [-0.2, 0) is 4.79 Å². The summed E-state index contributed by atoms with van der Waals surface area (Å²) in [5.41, 5.74) is 5.76. The van der Waals surface area contributed by atoms with Gasteiger partial charge in [0.25, 0.3) is 11.8 Å². The number of carbonyl (C=O) groups excluding carboxylic acids is 2. The lowest BCUT2D eigenvalue weighted by Crippen LogP contribution is -2.56. The summed E-state index contributed by atoms with van der Waals surface area (Å²) in [5.74, 6) is -4.77. The quantitative estimate of drug-likeness (QED) is 0.797. The summed E-state index contributed by atoms with van der Waals surface area (Å²) in [4.78, 5) is 29.3. The fourth-order valence-electron chi connectivity index (χ4n) is 3.18. The van der Waals surface area contributed by atoms with E-state index in [0.717, 1.165) is 0 Å². The fourth-order valence-corrected chi connectivity index (χ4v) is 3.18. The number of alkyl halides is 2. The summed E-state index contributed by atoms with van der Waals surface area (Å²) in [6, 6.07) is -0.575. The van der Waals surface area contributed by atoms with Crippen LogP contribution in [0.1, 0.15) is 41.9 Å². The Hall–Kier alpha value is -2.03. The van der Waals surface area contributed by atoms with Crippen LogP contribution in [0.3, 0.4) is 0 Å². The highest BCUT2D eigenvalue weighted by Gasteiger charge is 2.45. The average molecular weight is 358 g/mol. The third-order valence-corrected chi connectivity index (χ3v) is 4.56. The van der Waals surface area contributed by atoms with Crippen molar-refractivity contribution in [1.29, 1.82) is 0 Å². The lowest BCUT2D eigenvalue weighted by molar-refractivity contribution is -0.134. The lowest BCUT2D eigenvalue weighted by Gasteiger charge is -2.41. The Morgan fingerprint density at radius 1 is 1.48 bits per heavy atom. The van der Waals surface area contributed by atoms with Crippen molar-refractivity contribution in [1.82, 2.24) is 15.2 Å². The first kappa shape index (κ1) is 19.3. The van der Waals surface area contributed by atoms with E-state index < -0.39 is 29.7 Å². The maximum Gasteiger partial charge on any atom is 0.289 e. The van der Waals surface area contributed by atoms with Gasteiger partial charge < -0.3 is 15.5 Å². The Bertz CT molecular complexity index is 647. The minimum Gasteiger partial charge on any atom is -0.436 e. The SMILES string of the molecule is CCC(C(N)=O)N1CCC(F)(F)C(CNC(=O)c2oc(C)nc2C)C1. The van der Waals surface area contributed by atoms with Crippen LogP contribution in [0.25, 0.3) is 0 Å². The summed E-state index contributed by atoms with van der Waals surface area (Å²) in [6.45, 7) is 4.86. The fraction of sp³-hybridized carbons (Fsp3) is 0.688. The number of nitrogens with one attached hydrogen (secondary N) is 1. The number of oxazole rings is 1. The van der Waals surface area contributed by atoms with Crippen molar-refractivity contribution < 1.29 is 22.8 Å². The molecule has 9 heteroatoms. The first-order chi connectivity index (χ1) is 11.7. The van der Waals surface area contributed by atoms with Crippen molar-refractivity contribution in [2.24, 2.45) is 11.7 Å². The van der Waals surface area contributed by atoms with Crippen LogP contribution in [0.4, 0.5) is 8.78 Å². The summed E-state index contributed by atoms with van der Waals surface area (Å²) in [7, 11) is 0. The molecule has 0 aliphatic carbocycles. The molecule has 0 saturated carbocycles. The van der Waals surface area contributed by atoms with Crippen LogP contribution >= 0.6 is 0 Å². The molecule has 0 bridgehead atoms. The number of hydrogen-bond donors (Lipinski definition) is 2. The molecule has 1 saturated heterocycles. The number of nitrogens with two attached hydrogens (primary N) is 1. The van der Waals surface area contributed by atoms with E-state index in [1.54, 1.807) is 25.7 Å². The normalized spacial score (nSPS) is 21.7. The minimum atomic E-state index is -2.92. The Morgan fingerprint density at radius 3 is 2.68 bits per heavy atom.